The Hall–Kier alpha value is -2.11. The maximum Gasteiger partial charge on any atom is 0.123 e. The highest BCUT2D eigenvalue weighted by molar-refractivity contribution is 5.33. The van der Waals surface area contributed by atoms with Gasteiger partial charge in [0.2, 0.25) is 0 Å². The molecule has 128 valence electrons. The van der Waals surface area contributed by atoms with Gasteiger partial charge in [0.05, 0.1) is 19.8 Å². The molecule has 24 heavy (non-hydrogen) atoms. The van der Waals surface area contributed by atoms with E-state index in [-0.39, 0.29) is 6.10 Å². The summed E-state index contributed by atoms with van der Waals surface area (Å²) in [6.45, 7) is 3.57. The van der Waals surface area contributed by atoms with Crippen molar-refractivity contribution < 1.29 is 9.47 Å². The summed E-state index contributed by atoms with van der Waals surface area (Å²) < 4.78 is 11.4. The molecule has 0 unspecified atom stereocenters. The fourth-order valence-corrected chi connectivity index (χ4v) is 3.15. The molecule has 0 aliphatic carbocycles. The lowest BCUT2D eigenvalue weighted by molar-refractivity contribution is -0.0347. The lowest BCUT2D eigenvalue weighted by Gasteiger charge is -2.33. The predicted molar refractivity (Wildman–Crippen MR) is 95.0 cm³/mol. The Bertz CT molecular complexity index is 663. The molecule has 1 saturated heterocycles. The van der Waals surface area contributed by atoms with E-state index in [0.29, 0.717) is 5.82 Å². The number of pyridine rings is 1. The number of anilines is 1. The van der Waals surface area contributed by atoms with Crippen LogP contribution in [0.15, 0.2) is 42.6 Å². The Morgan fingerprint density at radius 2 is 2.21 bits per heavy atom. The van der Waals surface area contributed by atoms with Gasteiger partial charge in [0, 0.05) is 31.4 Å². The summed E-state index contributed by atoms with van der Waals surface area (Å²) in [7, 11) is 1.72. The van der Waals surface area contributed by atoms with Gasteiger partial charge in [0.15, 0.2) is 0 Å². The number of para-hydroxylation sites is 1. The van der Waals surface area contributed by atoms with Gasteiger partial charge in [0.25, 0.3) is 0 Å². The molecule has 0 bridgehead atoms. The molecule has 0 radical (unpaired) electrons. The molecule has 5 nitrogen and oxygen atoms in total. The smallest absolute Gasteiger partial charge is 0.123 e. The van der Waals surface area contributed by atoms with Gasteiger partial charge in [-0.05, 0) is 36.6 Å². The number of ether oxygens (including phenoxy) is 2. The molecule has 2 aromatic rings. The van der Waals surface area contributed by atoms with Crippen molar-refractivity contribution in [2.75, 3.05) is 32.5 Å². The van der Waals surface area contributed by atoms with E-state index >= 15 is 0 Å². The van der Waals surface area contributed by atoms with Crippen molar-refractivity contribution in [1.82, 2.24) is 9.88 Å². The lowest BCUT2D eigenvalue weighted by atomic mass is 10.1. The third kappa shape index (κ3) is 4.46. The molecule has 2 heterocycles. The molecular weight excluding hydrogens is 302 g/mol. The summed E-state index contributed by atoms with van der Waals surface area (Å²) in [6, 6.07) is 12.2. The van der Waals surface area contributed by atoms with Gasteiger partial charge >= 0.3 is 0 Å². The fourth-order valence-electron chi connectivity index (χ4n) is 3.15. The zero-order valence-electron chi connectivity index (χ0n) is 14.1. The Morgan fingerprint density at radius 1 is 1.33 bits per heavy atom. The van der Waals surface area contributed by atoms with Crippen molar-refractivity contribution in [3.05, 3.63) is 53.7 Å². The first kappa shape index (κ1) is 16.7. The van der Waals surface area contributed by atoms with Crippen LogP contribution in [0.25, 0.3) is 0 Å². The molecule has 1 aromatic carbocycles. The molecule has 0 saturated carbocycles. The summed E-state index contributed by atoms with van der Waals surface area (Å²) in [4.78, 5) is 6.47. The molecule has 1 aliphatic heterocycles. The second kappa shape index (κ2) is 8.13. The summed E-state index contributed by atoms with van der Waals surface area (Å²) in [5, 5.41) is 0. The molecule has 3 rings (SSSR count). The standard InChI is InChI=1S/C19H25N3O2/c1-23-18-5-3-2-4-16(18)13-22-10-11-24-17(14-22)7-6-15-8-9-21-19(20)12-15/h2-5,8-9,12,17H,6-7,10-11,13-14H2,1H3,(H2,20,21)/t17-/m0/s1. The van der Waals surface area contributed by atoms with E-state index in [1.165, 1.54) is 11.1 Å². The highest BCUT2D eigenvalue weighted by Gasteiger charge is 2.21. The third-order valence-electron chi connectivity index (χ3n) is 4.41. The van der Waals surface area contributed by atoms with Gasteiger partial charge in [0.1, 0.15) is 11.6 Å². The van der Waals surface area contributed by atoms with E-state index in [2.05, 4.69) is 22.0 Å². The van der Waals surface area contributed by atoms with Crippen LogP contribution in [0.5, 0.6) is 5.75 Å². The van der Waals surface area contributed by atoms with Gasteiger partial charge < -0.3 is 15.2 Å². The van der Waals surface area contributed by atoms with Crippen molar-refractivity contribution in [3.8, 4) is 5.75 Å². The zero-order chi connectivity index (χ0) is 16.8. The lowest BCUT2D eigenvalue weighted by Crippen LogP contribution is -2.42. The molecule has 0 spiro atoms. The molecular formula is C19H25N3O2. The van der Waals surface area contributed by atoms with Gasteiger partial charge in [-0.15, -0.1) is 0 Å². The molecule has 1 aliphatic rings. The SMILES string of the molecule is COc1ccccc1CN1CCO[C@@H](CCc2ccnc(N)c2)C1. The summed E-state index contributed by atoms with van der Waals surface area (Å²) >= 11 is 0. The number of nitrogens with zero attached hydrogens (tertiary/aromatic N) is 2. The summed E-state index contributed by atoms with van der Waals surface area (Å²) in [5.74, 6) is 1.53. The van der Waals surface area contributed by atoms with E-state index in [1.807, 2.05) is 24.3 Å². The maximum absolute atomic E-state index is 5.93. The number of hydrogen-bond acceptors (Lipinski definition) is 5. The van der Waals surface area contributed by atoms with Crippen LogP contribution in [0.1, 0.15) is 17.5 Å². The minimum Gasteiger partial charge on any atom is -0.496 e. The first-order chi connectivity index (χ1) is 11.7. The van der Waals surface area contributed by atoms with Crippen LogP contribution in [0, 0.1) is 0 Å². The number of rotatable bonds is 6. The molecule has 5 heteroatoms. The Morgan fingerprint density at radius 3 is 3.04 bits per heavy atom. The van der Waals surface area contributed by atoms with Crippen molar-refractivity contribution in [1.29, 1.82) is 0 Å². The number of aryl methyl sites for hydroxylation is 1. The van der Waals surface area contributed by atoms with Crippen LogP contribution < -0.4 is 10.5 Å². The van der Waals surface area contributed by atoms with Crippen LogP contribution in [-0.2, 0) is 17.7 Å². The Balaban J connectivity index is 1.54. The first-order valence-electron chi connectivity index (χ1n) is 8.41. The van der Waals surface area contributed by atoms with Gasteiger partial charge in [-0.2, -0.15) is 0 Å². The van der Waals surface area contributed by atoms with Gasteiger partial charge in [-0.25, -0.2) is 4.98 Å². The van der Waals surface area contributed by atoms with Crippen LogP contribution in [0.3, 0.4) is 0 Å². The zero-order valence-corrected chi connectivity index (χ0v) is 14.1. The van der Waals surface area contributed by atoms with E-state index in [1.54, 1.807) is 13.3 Å². The molecule has 1 atom stereocenters. The van der Waals surface area contributed by atoms with Crippen LogP contribution in [0.2, 0.25) is 0 Å². The minimum absolute atomic E-state index is 0.253. The molecule has 2 N–H and O–H groups in total. The van der Waals surface area contributed by atoms with Crippen molar-refractivity contribution in [2.45, 2.75) is 25.5 Å². The molecule has 1 aromatic heterocycles. The van der Waals surface area contributed by atoms with Crippen LogP contribution >= 0.6 is 0 Å². The second-order valence-electron chi connectivity index (χ2n) is 6.17. The predicted octanol–water partition coefficient (Wildman–Crippen LogP) is 2.51. The van der Waals surface area contributed by atoms with Crippen molar-refractivity contribution in [2.24, 2.45) is 0 Å². The number of hydrogen-bond donors (Lipinski definition) is 1. The van der Waals surface area contributed by atoms with Gasteiger partial charge in [-0.3, -0.25) is 4.90 Å². The van der Waals surface area contributed by atoms with Crippen molar-refractivity contribution >= 4 is 5.82 Å². The monoisotopic (exact) mass is 327 g/mol. The average Bonchev–Trinajstić information content (AvgIpc) is 2.61. The molecule has 0 amide bonds. The summed E-state index contributed by atoms with van der Waals surface area (Å²) in [5.41, 5.74) is 8.18. The van der Waals surface area contributed by atoms with E-state index in [9.17, 15) is 0 Å². The van der Waals surface area contributed by atoms with Crippen LogP contribution in [0.4, 0.5) is 5.82 Å². The largest absolute Gasteiger partial charge is 0.496 e. The highest BCUT2D eigenvalue weighted by atomic mass is 16.5. The number of morpholine rings is 1. The van der Waals surface area contributed by atoms with E-state index < -0.39 is 0 Å². The van der Waals surface area contributed by atoms with Crippen LogP contribution in [-0.4, -0.2) is 42.8 Å². The third-order valence-corrected chi connectivity index (χ3v) is 4.41. The molecule has 1 fully saturated rings. The maximum atomic E-state index is 5.93. The normalized spacial score (nSPS) is 18.5. The first-order valence-corrected chi connectivity index (χ1v) is 8.41. The Kier molecular flexibility index (Phi) is 5.67. The average molecular weight is 327 g/mol. The number of nitrogen functional groups attached to an aromatic ring is 1. The quantitative estimate of drug-likeness (QED) is 0.883. The fraction of sp³-hybridized carbons (Fsp3) is 0.421. The number of benzene rings is 1. The van der Waals surface area contributed by atoms with E-state index in [0.717, 1.165) is 44.8 Å². The topological polar surface area (TPSA) is 60.6 Å². The summed E-state index contributed by atoms with van der Waals surface area (Å²) in [6.07, 6.45) is 3.97. The Labute approximate surface area is 143 Å². The van der Waals surface area contributed by atoms with E-state index in [4.69, 9.17) is 15.2 Å². The van der Waals surface area contributed by atoms with Crippen molar-refractivity contribution in [3.63, 3.8) is 0 Å². The second-order valence-corrected chi connectivity index (χ2v) is 6.17. The number of nitrogens with two attached hydrogens (primary N) is 1. The van der Waals surface area contributed by atoms with Gasteiger partial charge in [-0.1, -0.05) is 18.2 Å². The minimum atomic E-state index is 0.253. The highest BCUT2D eigenvalue weighted by Crippen LogP contribution is 2.21. The number of methoxy groups -OCH3 is 1. The number of aromatic nitrogens is 1.